The number of carbonyl (C=O) groups is 3. The minimum Gasteiger partial charge on any atom is -0.481 e. The van der Waals surface area contributed by atoms with Crippen LogP contribution in [0, 0.1) is 16.2 Å². The van der Waals surface area contributed by atoms with E-state index in [1.165, 1.54) is 21.0 Å². The zero-order valence-corrected chi connectivity index (χ0v) is 11.6. The first-order chi connectivity index (χ1) is 8.49. The average Bonchev–Trinajstić information content (AvgIpc) is 2.25. The van der Waals surface area contributed by atoms with Crippen LogP contribution < -0.4 is 0 Å². The largest absolute Gasteiger partial charge is 0.481 e. The molecular weight excluding hydrogens is 252 g/mol. The lowest BCUT2D eigenvalue weighted by Crippen LogP contribution is -2.52. The molecule has 1 rings (SSSR count). The topological polar surface area (TPSA) is 101 Å². The zero-order chi connectivity index (χ0) is 15.1. The number of esters is 1. The summed E-state index contributed by atoms with van der Waals surface area (Å²) in [6.07, 6.45) is 0.146. The molecule has 1 saturated carbocycles. The summed E-state index contributed by atoms with van der Waals surface area (Å²) in [6, 6.07) is 0. The van der Waals surface area contributed by atoms with Gasteiger partial charge in [-0.3, -0.25) is 14.4 Å². The van der Waals surface area contributed by atoms with E-state index in [1.54, 1.807) is 6.92 Å². The summed E-state index contributed by atoms with van der Waals surface area (Å²) in [4.78, 5) is 34.8. The van der Waals surface area contributed by atoms with E-state index < -0.39 is 34.2 Å². The molecule has 0 spiro atoms. The first-order valence-corrected chi connectivity index (χ1v) is 6.04. The molecule has 0 aromatic heterocycles. The molecule has 0 amide bonds. The number of hydrogen-bond donors (Lipinski definition) is 2. The smallest absolute Gasteiger partial charge is 0.311 e. The highest BCUT2D eigenvalue weighted by Gasteiger charge is 2.58. The van der Waals surface area contributed by atoms with Gasteiger partial charge in [0.2, 0.25) is 0 Å². The van der Waals surface area contributed by atoms with Gasteiger partial charge in [-0.1, -0.05) is 0 Å². The maximum atomic E-state index is 11.9. The quantitative estimate of drug-likeness (QED) is 0.755. The molecule has 1 unspecified atom stereocenters. The first kappa shape index (κ1) is 15.5. The summed E-state index contributed by atoms with van der Waals surface area (Å²) in [6.45, 7) is 4.54. The Morgan fingerprint density at radius 3 is 1.42 bits per heavy atom. The summed E-state index contributed by atoms with van der Waals surface area (Å²) < 4.78 is 4.71. The van der Waals surface area contributed by atoms with Crippen molar-refractivity contribution in [3.05, 3.63) is 0 Å². The van der Waals surface area contributed by atoms with E-state index in [2.05, 4.69) is 0 Å². The van der Waals surface area contributed by atoms with Gasteiger partial charge in [-0.15, -0.1) is 0 Å². The SMILES string of the molecule is COC(=O)C1(C)C[C@](C)(C(=O)O)C[C@](C)(C(=O)O)C1. The highest BCUT2D eigenvalue weighted by molar-refractivity contribution is 5.84. The summed E-state index contributed by atoms with van der Waals surface area (Å²) in [5.74, 6) is -2.74. The van der Waals surface area contributed by atoms with Crippen molar-refractivity contribution in [2.75, 3.05) is 7.11 Å². The Morgan fingerprint density at radius 2 is 1.16 bits per heavy atom. The average molecular weight is 272 g/mol. The Labute approximate surface area is 111 Å². The molecule has 1 fully saturated rings. The fourth-order valence-electron chi connectivity index (χ4n) is 3.46. The maximum absolute atomic E-state index is 11.9. The van der Waals surface area contributed by atoms with Gasteiger partial charge in [-0.2, -0.15) is 0 Å². The molecule has 0 aromatic carbocycles. The molecule has 6 heteroatoms. The summed E-state index contributed by atoms with van der Waals surface area (Å²) in [5, 5.41) is 18.7. The van der Waals surface area contributed by atoms with Gasteiger partial charge in [0.1, 0.15) is 0 Å². The highest BCUT2D eigenvalue weighted by atomic mass is 16.5. The van der Waals surface area contributed by atoms with Crippen molar-refractivity contribution in [3.63, 3.8) is 0 Å². The van der Waals surface area contributed by atoms with E-state index in [0.29, 0.717) is 0 Å². The van der Waals surface area contributed by atoms with Crippen molar-refractivity contribution < 1.29 is 29.3 Å². The van der Waals surface area contributed by atoms with E-state index in [-0.39, 0.29) is 19.3 Å². The summed E-state index contributed by atoms with van der Waals surface area (Å²) >= 11 is 0. The molecule has 6 nitrogen and oxygen atoms in total. The van der Waals surface area contributed by atoms with Crippen molar-refractivity contribution in [1.29, 1.82) is 0 Å². The van der Waals surface area contributed by atoms with Crippen molar-refractivity contribution >= 4 is 17.9 Å². The fraction of sp³-hybridized carbons (Fsp3) is 0.769. The monoisotopic (exact) mass is 272 g/mol. The van der Waals surface area contributed by atoms with E-state index in [0.717, 1.165) is 0 Å². The molecule has 0 heterocycles. The molecule has 0 aromatic rings. The molecule has 3 atom stereocenters. The Kier molecular flexibility index (Phi) is 3.67. The van der Waals surface area contributed by atoms with Crippen molar-refractivity contribution in [2.24, 2.45) is 16.2 Å². The normalized spacial score (nSPS) is 38.5. The van der Waals surface area contributed by atoms with Crippen LogP contribution in [0.5, 0.6) is 0 Å². The van der Waals surface area contributed by atoms with Gasteiger partial charge in [0.05, 0.1) is 23.4 Å². The van der Waals surface area contributed by atoms with E-state index >= 15 is 0 Å². The van der Waals surface area contributed by atoms with Gasteiger partial charge >= 0.3 is 17.9 Å². The van der Waals surface area contributed by atoms with Gasteiger partial charge in [0.15, 0.2) is 0 Å². The van der Waals surface area contributed by atoms with Crippen molar-refractivity contribution in [2.45, 2.75) is 40.0 Å². The van der Waals surface area contributed by atoms with Gasteiger partial charge in [0.25, 0.3) is 0 Å². The molecular formula is C13H20O6. The third-order valence-electron chi connectivity index (χ3n) is 4.05. The molecule has 0 saturated heterocycles. The Balaban J connectivity index is 3.29. The minimum absolute atomic E-state index is 0.00273. The lowest BCUT2D eigenvalue weighted by Gasteiger charge is -2.47. The second-order valence-corrected chi connectivity index (χ2v) is 6.31. The number of carboxylic acids is 2. The summed E-state index contributed by atoms with van der Waals surface area (Å²) in [7, 11) is 1.22. The number of carbonyl (C=O) groups excluding carboxylic acids is 1. The van der Waals surface area contributed by atoms with E-state index in [1.807, 2.05) is 0 Å². The number of aliphatic carboxylic acids is 2. The minimum atomic E-state index is -1.26. The molecule has 1 aliphatic rings. The Bertz CT molecular complexity index is 401. The van der Waals surface area contributed by atoms with Crippen LogP contribution in [0.25, 0.3) is 0 Å². The molecule has 0 bridgehead atoms. The highest BCUT2D eigenvalue weighted by Crippen LogP contribution is 2.55. The predicted molar refractivity (Wildman–Crippen MR) is 65.5 cm³/mol. The van der Waals surface area contributed by atoms with E-state index in [4.69, 9.17) is 4.74 Å². The first-order valence-electron chi connectivity index (χ1n) is 6.04. The number of rotatable bonds is 3. The van der Waals surface area contributed by atoms with Crippen LogP contribution in [0.1, 0.15) is 40.0 Å². The van der Waals surface area contributed by atoms with Crippen LogP contribution in [0.3, 0.4) is 0 Å². The van der Waals surface area contributed by atoms with Crippen LogP contribution >= 0.6 is 0 Å². The van der Waals surface area contributed by atoms with Crippen molar-refractivity contribution in [3.8, 4) is 0 Å². The maximum Gasteiger partial charge on any atom is 0.311 e. The molecule has 108 valence electrons. The molecule has 19 heavy (non-hydrogen) atoms. The number of carboxylic acid groups (broad SMARTS) is 2. The Hall–Kier alpha value is -1.59. The van der Waals surface area contributed by atoms with Crippen LogP contribution in [0.15, 0.2) is 0 Å². The van der Waals surface area contributed by atoms with Crippen molar-refractivity contribution in [1.82, 2.24) is 0 Å². The van der Waals surface area contributed by atoms with Gasteiger partial charge in [-0.25, -0.2) is 0 Å². The lowest BCUT2D eigenvalue weighted by molar-refractivity contribution is -0.176. The predicted octanol–water partition coefficient (Wildman–Crippen LogP) is 1.53. The number of hydrogen-bond acceptors (Lipinski definition) is 4. The number of methoxy groups -OCH3 is 1. The van der Waals surface area contributed by atoms with Gasteiger partial charge < -0.3 is 14.9 Å². The lowest BCUT2D eigenvalue weighted by atomic mass is 9.54. The Morgan fingerprint density at radius 1 is 0.842 bits per heavy atom. The molecule has 0 radical (unpaired) electrons. The fourth-order valence-corrected chi connectivity index (χ4v) is 3.46. The molecule has 0 aliphatic heterocycles. The van der Waals surface area contributed by atoms with Gasteiger partial charge in [0, 0.05) is 0 Å². The second kappa shape index (κ2) is 4.51. The third-order valence-corrected chi connectivity index (χ3v) is 4.05. The van der Waals surface area contributed by atoms with Gasteiger partial charge in [-0.05, 0) is 40.0 Å². The molecule has 2 N–H and O–H groups in total. The molecule has 1 aliphatic carbocycles. The van der Waals surface area contributed by atoms with E-state index in [9.17, 15) is 24.6 Å². The third kappa shape index (κ3) is 2.57. The number of ether oxygens (including phenoxy) is 1. The second-order valence-electron chi connectivity index (χ2n) is 6.31. The van der Waals surface area contributed by atoms with Crippen LogP contribution in [0.4, 0.5) is 0 Å². The van der Waals surface area contributed by atoms with Crippen LogP contribution in [-0.2, 0) is 19.1 Å². The summed E-state index contributed by atoms with van der Waals surface area (Å²) in [5.41, 5.74) is -3.62. The zero-order valence-electron chi connectivity index (χ0n) is 11.6. The van der Waals surface area contributed by atoms with Crippen LogP contribution in [0.2, 0.25) is 0 Å². The standard InChI is InChI=1S/C13H20O6/c1-11(8(14)15)5-12(2,9(16)17)7-13(3,6-11)10(18)19-4/h5-7H2,1-4H3,(H,14,15)(H,16,17)/t11-,12+,13?. The van der Waals surface area contributed by atoms with Crippen LogP contribution in [-0.4, -0.2) is 35.2 Å².